The quantitative estimate of drug-likeness (QED) is 0.938. The SMILES string of the molecule is CCOC1CC(Nc2ncnc3sccc23)C12CCOCC2. The lowest BCUT2D eigenvalue weighted by molar-refractivity contribution is -0.159. The van der Waals surface area contributed by atoms with Crippen LogP contribution in [0.4, 0.5) is 5.82 Å². The van der Waals surface area contributed by atoms with E-state index in [9.17, 15) is 0 Å². The molecule has 2 aliphatic rings. The van der Waals surface area contributed by atoms with Gasteiger partial charge >= 0.3 is 0 Å². The van der Waals surface area contributed by atoms with E-state index in [0.717, 1.165) is 55.1 Å². The van der Waals surface area contributed by atoms with E-state index in [2.05, 4.69) is 33.7 Å². The molecule has 2 aromatic rings. The zero-order chi connectivity index (χ0) is 15.0. The van der Waals surface area contributed by atoms with Crippen molar-refractivity contribution < 1.29 is 9.47 Å². The van der Waals surface area contributed by atoms with Gasteiger partial charge in [-0.3, -0.25) is 0 Å². The van der Waals surface area contributed by atoms with Gasteiger partial charge in [0.1, 0.15) is 17.0 Å². The summed E-state index contributed by atoms with van der Waals surface area (Å²) in [5.41, 5.74) is 0.196. The molecule has 6 heteroatoms. The van der Waals surface area contributed by atoms with Crippen molar-refractivity contribution >= 4 is 27.4 Å². The van der Waals surface area contributed by atoms with Crippen molar-refractivity contribution in [3.63, 3.8) is 0 Å². The Balaban J connectivity index is 1.58. The minimum absolute atomic E-state index is 0.196. The third-order valence-corrected chi connectivity index (χ3v) is 5.97. The van der Waals surface area contributed by atoms with Gasteiger partial charge in [-0.1, -0.05) is 0 Å². The van der Waals surface area contributed by atoms with E-state index < -0.39 is 0 Å². The van der Waals surface area contributed by atoms with Gasteiger partial charge in [-0.25, -0.2) is 9.97 Å². The predicted molar refractivity (Wildman–Crippen MR) is 87.3 cm³/mol. The first-order valence-corrected chi connectivity index (χ1v) is 8.85. The van der Waals surface area contributed by atoms with Crippen LogP contribution < -0.4 is 5.32 Å². The molecule has 5 nitrogen and oxygen atoms in total. The lowest BCUT2D eigenvalue weighted by Gasteiger charge is -2.57. The van der Waals surface area contributed by atoms with Gasteiger partial charge in [0.05, 0.1) is 11.5 Å². The molecule has 2 atom stereocenters. The van der Waals surface area contributed by atoms with E-state index >= 15 is 0 Å². The Hall–Kier alpha value is -1.24. The topological polar surface area (TPSA) is 56.3 Å². The summed E-state index contributed by atoms with van der Waals surface area (Å²) in [5, 5.41) is 6.86. The smallest absolute Gasteiger partial charge is 0.138 e. The average Bonchev–Trinajstić information content (AvgIpc) is 3.04. The molecule has 0 aromatic carbocycles. The summed E-state index contributed by atoms with van der Waals surface area (Å²) in [6, 6.07) is 2.50. The van der Waals surface area contributed by atoms with Crippen molar-refractivity contribution in [1.82, 2.24) is 9.97 Å². The maximum absolute atomic E-state index is 5.99. The van der Waals surface area contributed by atoms with E-state index in [1.54, 1.807) is 17.7 Å². The van der Waals surface area contributed by atoms with Crippen LogP contribution in [0.1, 0.15) is 26.2 Å². The lowest BCUT2D eigenvalue weighted by Crippen LogP contribution is -2.63. The van der Waals surface area contributed by atoms with Crippen molar-refractivity contribution in [2.24, 2.45) is 5.41 Å². The normalized spacial score (nSPS) is 27.0. The third-order valence-electron chi connectivity index (χ3n) is 5.15. The van der Waals surface area contributed by atoms with Gasteiger partial charge in [0, 0.05) is 31.3 Å². The highest BCUT2D eigenvalue weighted by Crippen LogP contribution is 2.51. The van der Waals surface area contributed by atoms with E-state index in [1.165, 1.54) is 0 Å². The third kappa shape index (κ3) is 2.21. The molecule has 22 heavy (non-hydrogen) atoms. The fourth-order valence-corrected chi connectivity index (χ4v) is 4.61. The van der Waals surface area contributed by atoms with Crippen LogP contribution in [-0.4, -0.2) is 41.9 Å². The molecule has 1 saturated heterocycles. The van der Waals surface area contributed by atoms with Crippen molar-refractivity contribution in [3.05, 3.63) is 17.8 Å². The Labute approximate surface area is 134 Å². The molecule has 2 unspecified atom stereocenters. The van der Waals surface area contributed by atoms with Crippen LogP contribution in [-0.2, 0) is 9.47 Å². The Morgan fingerprint density at radius 1 is 1.41 bits per heavy atom. The van der Waals surface area contributed by atoms with Crippen molar-refractivity contribution in [3.8, 4) is 0 Å². The first-order chi connectivity index (χ1) is 10.8. The van der Waals surface area contributed by atoms with Crippen LogP contribution in [0, 0.1) is 5.41 Å². The highest BCUT2D eigenvalue weighted by Gasteiger charge is 2.56. The lowest BCUT2D eigenvalue weighted by atomic mass is 9.57. The number of nitrogens with zero attached hydrogens (tertiary/aromatic N) is 2. The summed E-state index contributed by atoms with van der Waals surface area (Å²) < 4.78 is 11.6. The molecule has 1 aliphatic carbocycles. The number of anilines is 1. The number of hydrogen-bond donors (Lipinski definition) is 1. The number of aromatic nitrogens is 2. The predicted octanol–water partition coefficient (Wildman–Crippen LogP) is 3.08. The van der Waals surface area contributed by atoms with Crippen LogP contribution in [0.5, 0.6) is 0 Å². The van der Waals surface area contributed by atoms with Gasteiger partial charge < -0.3 is 14.8 Å². The molecular formula is C16H21N3O2S. The molecule has 1 aliphatic heterocycles. The molecule has 3 heterocycles. The van der Waals surface area contributed by atoms with Gasteiger partial charge in [0.15, 0.2) is 0 Å². The number of rotatable bonds is 4. The monoisotopic (exact) mass is 319 g/mol. The fraction of sp³-hybridized carbons (Fsp3) is 0.625. The fourth-order valence-electron chi connectivity index (χ4n) is 3.88. The molecule has 0 radical (unpaired) electrons. The van der Waals surface area contributed by atoms with Crippen LogP contribution in [0.15, 0.2) is 17.8 Å². The van der Waals surface area contributed by atoms with Crippen LogP contribution >= 0.6 is 11.3 Å². The molecule has 4 rings (SSSR count). The Morgan fingerprint density at radius 2 is 2.27 bits per heavy atom. The van der Waals surface area contributed by atoms with Gasteiger partial charge in [0.2, 0.25) is 0 Å². The zero-order valence-corrected chi connectivity index (χ0v) is 13.6. The summed E-state index contributed by atoms with van der Waals surface area (Å²) in [6.45, 7) is 4.52. The first-order valence-electron chi connectivity index (χ1n) is 7.97. The average molecular weight is 319 g/mol. The van der Waals surface area contributed by atoms with Crippen LogP contribution in [0.2, 0.25) is 0 Å². The first kappa shape index (κ1) is 14.4. The van der Waals surface area contributed by atoms with E-state index in [0.29, 0.717) is 12.1 Å². The van der Waals surface area contributed by atoms with E-state index in [-0.39, 0.29) is 5.41 Å². The molecule has 118 valence electrons. The number of nitrogens with one attached hydrogen (secondary N) is 1. The maximum atomic E-state index is 5.99. The summed E-state index contributed by atoms with van der Waals surface area (Å²) in [6.07, 6.45) is 5.17. The largest absolute Gasteiger partial charge is 0.381 e. The minimum Gasteiger partial charge on any atom is -0.381 e. The van der Waals surface area contributed by atoms with Gasteiger partial charge in [0.25, 0.3) is 0 Å². The second-order valence-corrected chi connectivity index (χ2v) is 6.98. The maximum Gasteiger partial charge on any atom is 0.138 e. The van der Waals surface area contributed by atoms with E-state index in [4.69, 9.17) is 9.47 Å². The molecule has 1 saturated carbocycles. The Morgan fingerprint density at radius 3 is 3.09 bits per heavy atom. The zero-order valence-electron chi connectivity index (χ0n) is 12.7. The van der Waals surface area contributed by atoms with Gasteiger partial charge in [-0.15, -0.1) is 11.3 Å². The summed E-state index contributed by atoms with van der Waals surface area (Å²) >= 11 is 1.65. The Kier molecular flexibility index (Phi) is 3.76. The number of fused-ring (bicyclic) bond motifs is 1. The number of ether oxygens (including phenoxy) is 2. The number of hydrogen-bond acceptors (Lipinski definition) is 6. The number of thiophene rings is 1. The molecule has 2 aromatic heterocycles. The molecule has 2 fully saturated rings. The second-order valence-electron chi connectivity index (χ2n) is 6.08. The van der Waals surface area contributed by atoms with Crippen LogP contribution in [0.3, 0.4) is 0 Å². The highest BCUT2D eigenvalue weighted by atomic mass is 32.1. The summed E-state index contributed by atoms with van der Waals surface area (Å²) in [4.78, 5) is 9.83. The standard InChI is InChI=1S/C16H21N3O2S/c1-2-21-13-9-12(16(13)4-6-20-7-5-16)19-14-11-3-8-22-15(11)18-10-17-14/h3,8,10,12-13H,2,4-7,9H2,1H3,(H,17,18,19). The molecular weight excluding hydrogens is 298 g/mol. The van der Waals surface area contributed by atoms with Gasteiger partial charge in [-0.2, -0.15) is 0 Å². The van der Waals surface area contributed by atoms with Crippen LogP contribution in [0.25, 0.3) is 10.2 Å². The molecule has 0 amide bonds. The molecule has 1 N–H and O–H groups in total. The minimum atomic E-state index is 0.196. The second kappa shape index (κ2) is 5.76. The van der Waals surface area contributed by atoms with Gasteiger partial charge in [-0.05, 0) is 37.6 Å². The van der Waals surface area contributed by atoms with E-state index in [1.807, 2.05) is 0 Å². The highest BCUT2D eigenvalue weighted by molar-refractivity contribution is 7.16. The molecule has 1 spiro atoms. The summed E-state index contributed by atoms with van der Waals surface area (Å²) in [5.74, 6) is 0.956. The Bertz CT molecular complexity index is 654. The van der Waals surface area contributed by atoms with Crippen molar-refractivity contribution in [1.29, 1.82) is 0 Å². The van der Waals surface area contributed by atoms with Crippen molar-refractivity contribution in [2.45, 2.75) is 38.3 Å². The van der Waals surface area contributed by atoms with Crippen molar-refractivity contribution in [2.75, 3.05) is 25.1 Å². The molecule has 0 bridgehead atoms. The summed E-state index contributed by atoms with van der Waals surface area (Å²) in [7, 11) is 0.